The van der Waals surface area contributed by atoms with Crippen molar-refractivity contribution >= 4 is 17.3 Å². The van der Waals surface area contributed by atoms with Crippen molar-refractivity contribution in [1.82, 2.24) is 14.4 Å². The third kappa shape index (κ3) is 5.16. The van der Waals surface area contributed by atoms with Crippen LogP contribution in [0.5, 0.6) is 0 Å². The van der Waals surface area contributed by atoms with Gasteiger partial charge in [0.2, 0.25) is 5.91 Å². The number of hydrogen-bond acceptors (Lipinski definition) is 7. The first kappa shape index (κ1) is 28.5. The Bertz CT molecular complexity index is 1440. The van der Waals surface area contributed by atoms with E-state index in [-0.39, 0.29) is 45.9 Å². The van der Waals surface area contributed by atoms with Gasteiger partial charge in [-0.05, 0) is 81.1 Å². The summed E-state index contributed by atoms with van der Waals surface area (Å²) in [5.74, 6) is 0.534. The third-order valence-corrected chi connectivity index (χ3v) is 11.1. The van der Waals surface area contributed by atoms with E-state index < -0.39 is 0 Å². The number of ether oxygens (including phenoxy) is 1. The second kappa shape index (κ2) is 11.7. The van der Waals surface area contributed by atoms with Gasteiger partial charge in [-0.3, -0.25) is 19.7 Å². The number of carbonyl (C=O) groups excluding carboxylic acids is 1. The maximum absolute atomic E-state index is 14.8. The van der Waals surface area contributed by atoms with Crippen molar-refractivity contribution in [2.45, 2.75) is 69.5 Å². The summed E-state index contributed by atoms with van der Waals surface area (Å²) in [6.45, 7) is 5.35. The van der Waals surface area contributed by atoms with Crippen molar-refractivity contribution in [3.63, 3.8) is 0 Å². The topological polar surface area (TPSA) is 101 Å². The van der Waals surface area contributed by atoms with Gasteiger partial charge in [0.05, 0.1) is 17.4 Å². The minimum atomic E-state index is -0.347. The third-order valence-electron chi connectivity index (χ3n) is 11.1. The summed E-state index contributed by atoms with van der Waals surface area (Å²) in [5.41, 5.74) is 3.00. The van der Waals surface area contributed by atoms with Crippen LogP contribution in [0.1, 0.15) is 55.7 Å². The van der Waals surface area contributed by atoms with Gasteiger partial charge in [-0.15, -0.1) is 0 Å². The van der Waals surface area contributed by atoms with E-state index in [1.54, 1.807) is 25.3 Å². The fraction of sp³-hybridized carbons (Fsp3) is 0.636. The van der Waals surface area contributed by atoms with E-state index in [0.29, 0.717) is 44.6 Å². The molecule has 2 unspecified atom stereocenters. The number of nitro groups is 1. The molecule has 3 fully saturated rings. The van der Waals surface area contributed by atoms with Gasteiger partial charge >= 0.3 is 0 Å². The fourth-order valence-electron chi connectivity index (χ4n) is 9.24. The van der Waals surface area contributed by atoms with Gasteiger partial charge < -0.3 is 24.0 Å². The summed E-state index contributed by atoms with van der Waals surface area (Å²) in [6, 6.07) is 11.1. The van der Waals surface area contributed by atoms with Gasteiger partial charge in [-0.25, -0.2) is 0 Å². The molecule has 230 valence electrons. The first-order valence-electron chi connectivity index (χ1n) is 16.2. The molecule has 10 heteroatoms. The maximum Gasteiger partial charge on any atom is 0.269 e. The lowest BCUT2D eigenvalue weighted by molar-refractivity contribution is -0.384. The smallest absolute Gasteiger partial charge is 0.269 e. The van der Waals surface area contributed by atoms with Crippen molar-refractivity contribution in [3.8, 4) is 0 Å². The molecule has 10 nitrogen and oxygen atoms in total. The van der Waals surface area contributed by atoms with Crippen LogP contribution < -0.4 is 10.5 Å². The summed E-state index contributed by atoms with van der Waals surface area (Å²) in [6.07, 6.45) is 7.43. The van der Waals surface area contributed by atoms with Crippen LogP contribution in [0.25, 0.3) is 0 Å². The lowest BCUT2D eigenvalue weighted by atomic mass is 9.69. The quantitative estimate of drug-likeness (QED) is 0.359. The minimum absolute atomic E-state index is 0.0198. The number of methoxy groups -OCH3 is 1. The number of anilines is 1. The van der Waals surface area contributed by atoms with Crippen LogP contribution in [-0.2, 0) is 22.5 Å². The van der Waals surface area contributed by atoms with E-state index in [0.717, 1.165) is 49.4 Å². The Labute approximate surface area is 252 Å². The summed E-state index contributed by atoms with van der Waals surface area (Å²) in [4.78, 5) is 46.2. The van der Waals surface area contributed by atoms with E-state index in [2.05, 4.69) is 20.8 Å². The van der Waals surface area contributed by atoms with E-state index in [9.17, 15) is 19.7 Å². The highest BCUT2D eigenvalue weighted by molar-refractivity contribution is 5.82. The van der Waals surface area contributed by atoms with E-state index in [1.807, 2.05) is 16.7 Å². The second-order valence-corrected chi connectivity index (χ2v) is 13.4. The van der Waals surface area contributed by atoms with Crippen LogP contribution in [0.4, 0.5) is 11.4 Å². The normalized spacial score (nSPS) is 29.6. The van der Waals surface area contributed by atoms with Gasteiger partial charge in [0, 0.05) is 80.9 Å². The molecule has 5 aliphatic rings. The van der Waals surface area contributed by atoms with Crippen molar-refractivity contribution in [2.75, 3.05) is 51.3 Å². The second-order valence-electron chi connectivity index (χ2n) is 13.4. The van der Waals surface area contributed by atoms with Crippen LogP contribution in [-0.4, -0.2) is 83.7 Å². The molecule has 0 spiro atoms. The summed E-state index contributed by atoms with van der Waals surface area (Å²) in [7, 11) is 1.68. The molecule has 0 saturated carbocycles. The Hall–Kier alpha value is -3.24. The monoisotopic (exact) mass is 589 g/mol. The highest BCUT2D eigenvalue weighted by Crippen LogP contribution is 2.48. The van der Waals surface area contributed by atoms with Gasteiger partial charge in [0.1, 0.15) is 0 Å². The standard InChI is InChI=1S/C33H43N5O5/c1-43-15-14-35(19-22-6-5-13-34-12-3-2-7-28(22)34)33(40)27-18-23-17-26(38(41)42)10-11-30(23)37-20-24-16-25(32(27)37)21-36-29(24)8-4-9-31(36)39/h4,8-11,17,22,24-25,27-28,32H,2-3,5-7,12-16,18-21H2,1H3/t22-,24?,25?,27+,28+,32-/m0/s1. The fourth-order valence-corrected chi connectivity index (χ4v) is 9.24. The zero-order valence-electron chi connectivity index (χ0n) is 25.1. The number of piperidine rings is 3. The maximum atomic E-state index is 14.8. The number of aromatic nitrogens is 1. The molecular formula is C33H43N5O5. The molecular weight excluding hydrogens is 546 g/mol. The van der Waals surface area contributed by atoms with Gasteiger partial charge in [0.25, 0.3) is 11.2 Å². The van der Waals surface area contributed by atoms with Crippen LogP contribution in [0.15, 0.2) is 41.2 Å². The first-order valence-corrected chi connectivity index (χ1v) is 16.2. The molecule has 2 bridgehead atoms. The zero-order valence-corrected chi connectivity index (χ0v) is 25.1. The van der Waals surface area contributed by atoms with Crippen LogP contribution in [0.2, 0.25) is 0 Å². The molecule has 0 radical (unpaired) electrons. The van der Waals surface area contributed by atoms with E-state index >= 15 is 0 Å². The Morgan fingerprint density at radius 1 is 1.12 bits per heavy atom. The highest BCUT2D eigenvalue weighted by Gasteiger charge is 2.50. The number of nitrogens with zero attached hydrogens (tertiary/aromatic N) is 5. The molecule has 7 rings (SSSR count). The van der Waals surface area contributed by atoms with Crippen LogP contribution in [0.3, 0.4) is 0 Å². The van der Waals surface area contributed by atoms with E-state index in [1.165, 1.54) is 25.7 Å². The highest BCUT2D eigenvalue weighted by atomic mass is 16.6. The first-order chi connectivity index (χ1) is 20.9. The van der Waals surface area contributed by atoms with E-state index in [4.69, 9.17) is 4.74 Å². The Morgan fingerprint density at radius 3 is 2.81 bits per heavy atom. The number of amides is 1. The SMILES string of the molecule is COCCN(C[C@@H]1CCCN2CCCC[C@H]12)C(=O)[C@@H]1Cc2cc([N+](=O)[O-])ccc2N2CC3CC(Cn4c3cccc4=O)[C@@H]12. The molecule has 1 aromatic carbocycles. The largest absolute Gasteiger partial charge is 0.383 e. The number of non-ortho nitro benzene ring substituents is 1. The van der Waals surface area contributed by atoms with Crippen molar-refractivity contribution in [3.05, 3.63) is 68.1 Å². The molecule has 1 amide bonds. The number of rotatable bonds is 7. The van der Waals surface area contributed by atoms with Crippen LogP contribution in [0, 0.1) is 27.9 Å². The van der Waals surface area contributed by atoms with Gasteiger partial charge in [0.15, 0.2) is 0 Å². The average Bonchev–Trinajstić information content (AvgIpc) is 3.02. The molecule has 43 heavy (non-hydrogen) atoms. The Morgan fingerprint density at radius 2 is 1.98 bits per heavy atom. The number of fused-ring (bicyclic) bond motifs is 9. The zero-order chi connectivity index (χ0) is 29.7. The van der Waals surface area contributed by atoms with Gasteiger partial charge in [-0.1, -0.05) is 12.5 Å². The molecule has 2 aromatic rings. The molecule has 1 aromatic heterocycles. The number of benzene rings is 1. The predicted molar refractivity (Wildman–Crippen MR) is 163 cm³/mol. The summed E-state index contributed by atoms with van der Waals surface area (Å²) in [5, 5.41) is 11.7. The Balaban J connectivity index is 1.24. The molecule has 6 atom stereocenters. The molecule has 0 aliphatic carbocycles. The summed E-state index contributed by atoms with van der Waals surface area (Å²) < 4.78 is 7.42. The van der Waals surface area contributed by atoms with Crippen molar-refractivity contribution < 1.29 is 14.5 Å². The van der Waals surface area contributed by atoms with Crippen molar-refractivity contribution in [1.29, 1.82) is 0 Å². The van der Waals surface area contributed by atoms with Gasteiger partial charge in [-0.2, -0.15) is 0 Å². The lowest BCUT2D eigenvalue weighted by Crippen LogP contribution is -2.62. The minimum Gasteiger partial charge on any atom is -0.383 e. The lowest BCUT2D eigenvalue weighted by Gasteiger charge is -2.55. The predicted octanol–water partition coefficient (Wildman–Crippen LogP) is 3.66. The molecule has 0 N–H and O–H groups in total. The summed E-state index contributed by atoms with van der Waals surface area (Å²) >= 11 is 0. The Kier molecular flexibility index (Phi) is 7.75. The number of pyridine rings is 1. The molecule has 5 aliphatic heterocycles. The number of carbonyl (C=O) groups is 1. The van der Waals surface area contributed by atoms with Crippen LogP contribution >= 0.6 is 0 Å². The number of nitro benzene ring substituents is 1. The molecule has 6 heterocycles. The van der Waals surface area contributed by atoms with Crippen molar-refractivity contribution in [2.24, 2.45) is 17.8 Å². The average molecular weight is 590 g/mol. The molecule has 3 saturated heterocycles. The number of hydrogen-bond donors (Lipinski definition) is 0.